The number of rotatable bonds is 0. The van der Waals surface area contributed by atoms with Crippen molar-refractivity contribution in [3.63, 3.8) is 0 Å². The highest BCUT2D eigenvalue weighted by molar-refractivity contribution is 5.01. The van der Waals surface area contributed by atoms with Gasteiger partial charge in [0, 0.05) is 0 Å². The molecule has 0 spiro atoms. The lowest BCUT2D eigenvalue weighted by molar-refractivity contribution is -0.167. The summed E-state index contributed by atoms with van der Waals surface area (Å²) in [5, 5.41) is 0. The van der Waals surface area contributed by atoms with Crippen molar-refractivity contribution in [3.05, 3.63) is 12.2 Å². The van der Waals surface area contributed by atoms with Gasteiger partial charge in [0.2, 0.25) is 0 Å². The van der Waals surface area contributed by atoms with Gasteiger partial charge >= 0.3 is 6.18 Å². The minimum absolute atomic E-state index is 0.140. The summed E-state index contributed by atoms with van der Waals surface area (Å²) < 4.78 is 36.6. The monoisotopic (exact) mass is 178 g/mol. The summed E-state index contributed by atoms with van der Waals surface area (Å²) in [5.41, 5.74) is 0. The van der Waals surface area contributed by atoms with Crippen LogP contribution in [0.1, 0.15) is 20.3 Å². The molecule has 0 amide bonds. The van der Waals surface area contributed by atoms with Crippen LogP contribution in [0.2, 0.25) is 0 Å². The first-order chi connectivity index (χ1) is 5.41. The molecular weight excluding hydrogens is 165 g/mol. The quantitative estimate of drug-likeness (QED) is 0.499. The van der Waals surface area contributed by atoms with E-state index in [9.17, 15) is 13.2 Å². The zero-order valence-corrected chi connectivity index (χ0v) is 7.23. The fourth-order valence-electron chi connectivity index (χ4n) is 1.44. The molecular formula is C9H13F3. The zero-order valence-electron chi connectivity index (χ0n) is 7.23. The molecule has 0 saturated heterocycles. The van der Waals surface area contributed by atoms with E-state index in [0.29, 0.717) is 0 Å². The second kappa shape index (κ2) is 3.11. The van der Waals surface area contributed by atoms with Gasteiger partial charge < -0.3 is 0 Å². The lowest BCUT2D eigenvalue weighted by Gasteiger charge is -2.28. The Morgan fingerprint density at radius 3 is 2.17 bits per heavy atom. The molecule has 0 aromatic rings. The Hall–Kier alpha value is -0.470. The molecule has 0 radical (unpaired) electrons. The van der Waals surface area contributed by atoms with E-state index in [0.717, 1.165) is 0 Å². The maximum Gasteiger partial charge on any atom is 0.395 e. The van der Waals surface area contributed by atoms with E-state index in [4.69, 9.17) is 0 Å². The molecule has 12 heavy (non-hydrogen) atoms. The number of hydrogen-bond acceptors (Lipinski definition) is 0. The van der Waals surface area contributed by atoms with Gasteiger partial charge in [0.1, 0.15) is 0 Å². The van der Waals surface area contributed by atoms with Crippen LogP contribution in [-0.4, -0.2) is 6.18 Å². The maximum atomic E-state index is 12.2. The van der Waals surface area contributed by atoms with E-state index >= 15 is 0 Å². The average molecular weight is 178 g/mol. The van der Waals surface area contributed by atoms with Crippen molar-refractivity contribution in [2.24, 2.45) is 17.8 Å². The van der Waals surface area contributed by atoms with Gasteiger partial charge in [-0.2, -0.15) is 13.2 Å². The number of allylic oxidation sites excluding steroid dienone is 2. The summed E-state index contributed by atoms with van der Waals surface area (Å²) in [6.45, 7) is 3.82. The van der Waals surface area contributed by atoms with Crippen LogP contribution in [0.5, 0.6) is 0 Å². The third kappa shape index (κ3) is 2.02. The minimum Gasteiger partial charge on any atom is -0.170 e. The van der Waals surface area contributed by atoms with Crippen molar-refractivity contribution in [2.75, 3.05) is 0 Å². The van der Waals surface area contributed by atoms with Crippen molar-refractivity contribution >= 4 is 0 Å². The molecule has 1 aliphatic rings. The number of halogens is 3. The molecule has 0 aromatic carbocycles. The molecule has 0 nitrogen and oxygen atoms in total. The predicted octanol–water partition coefficient (Wildman–Crippen LogP) is 3.40. The third-order valence-corrected chi connectivity index (χ3v) is 2.59. The standard InChI is InChI=1S/C9H13F3/c1-6-3-4-8(5-7(6)2)9(10,11)12/h3-4,6-8H,5H2,1-2H3. The van der Waals surface area contributed by atoms with Crippen LogP contribution in [0.4, 0.5) is 13.2 Å². The van der Waals surface area contributed by atoms with Gasteiger partial charge in [-0.1, -0.05) is 26.0 Å². The Bertz CT molecular complexity index is 181. The van der Waals surface area contributed by atoms with Crippen molar-refractivity contribution in [3.8, 4) is 0 Å². The summed E-state index contributed by atoms with van der Waals surface area (Å²) >= 11 is 0. The fourth-order valence-corrected chi connectivity index (χ4v) is 1.44. The van der Waals surface area contributed by atoms with Gasteiger partial charge in [0.05, 0.1) is 5.92 Å². The van der Waals surface area contributed by atoms with E-state index in [-0.39, 0.29) is 18.3 Å². The van der Waals surface area contributed by atoms with Gasteiger partial charge in [-0.05, 0) is 18.3 Å². The van der Waals surface area contributed by atoms with E-state index in [1.54, 1.807) is 6.08 Å². The summed E-state index contributed by atoms with van der Waals surface area (Å²) in [5.74, 6) is -0.797. The number of alkyl halides is 3. The number of hydrogen-bond donors (Lipinski definition) is 0. The largest absolute Gasteiger partial charge is 0.395 e. The van der Waals surface area contributed by atoms with Crippen molar-refractivity contribution < 1.29 is 13.2 Å². The highest BCUT2D eigenvalue weighted by Crippen LogP contribution is 2.37. The van der Waals surface area contributed by atoms with Crippen molar-refractivity contribution in [1.82, 2.24) is 0 Å². The maximum absolute atomic E-state index is 12.2. The molecule has 1 aliphatic carbocycles. The molecule has 0 aliphatic heterocycles. The lowest BCUT2D eigenvalue weighted by atomic mass is 9.81. The van der Waals surface area contributed by atoms with Crippen molar-refractivity contribution in [2.45, 2.75) is 26.4 Å². The lowest BCUT2D eigenvalue weighted by Crippen LogP contribution is -2.27. The van der Waals surface area contributed by atoms with Gasteiger partial charge in [-0.15, -0.1) is 0 Å². The molecule has 0 bridgehead atoms. The van der Waals surface area contributed by atoms with Crippen LogP contribution in [-0.2, 0) is 0 Å². The second-order valence-corrected chi connectivity index (χ2v) is 3.61. The van der Waals surface area contributed by atoms with Crippen LogP contribution in [0.3, 0.4) is 0 Å². The van der Waals surface area contributed by atoms with Gasteiger partial charge in [-0.25, -0.2) is 0 Å². The Balaban J connectivity index is 2.67. The van der Waals surface area contributed by atoms with Crippen LogP contribution in [0.25, 0.3) is 0 Å². The molecule has 0 saturated carbocycles. The Morgan fingerprint density at radius 2 is 1.75 bits per heavy atom. The minimum atomic E-state index is -4.05. The Morgan fingerprint density at radius 1 is 1.17 bits per heavy atom. The molecule has 3 atom stereocenters. The van der Waals surface area contributed by atoms with Gasteiger partial charge in [-0.3, -0.25) is 0 Å². The van der Waals surface area contributed by atoms with E-state index < -0.39 is 12.1 Å². The average Bonchev–Trinajstić information content (AvgIpc) is 1.92. The van der Waals surface area contributed by atoms with Gasteiger partial charge in [0.15, 0.2) is 0 Å². The SMILES string of the molecule is CC1C=CC(C(F)(F)F)CC1C. The fraction of sp³-hybridized carbons (Fsp3) is 0.778. The van der Waals surface area contributed by atoms with Crippen LogP contribution < -0.4 is 0 Å². The van der Waals surface area contributed by atoms with Crippen LogP contribution in [0, 0.1) is 17.8 Å². The molecule has 1 rings (SSSR count). The molecule has 0 N–H and O–H groups in total. The van der Waals surface area contributed by atoms with E-state index in [1.807, 2.05) is 13.8 Å². The van der Waals surface area contributed by atoms with E-state index in [2.05, 4.69) is 0 Å². The van der Waals surface area contributed by atoms with Gasteiger partial charge in [0.25, 0.3) is 0 Å². The normalized spacial score (nSPS) is 36.9. The first-order valence-corrected chi connectivity index (χ1v) is 4.16. The molecule has 0 fully saturated rings. The first kappa shape index (κ1) is 9.62. The Kier molecular flexibility index (Phi) is 2.49. The summed E-state index contributed by atoms with van der Waals surface area (Å²) in [6.07, 6.45) is -0.844. The topological polar surface area (TPSA) is 0 Å². The molecule has 70 valence electrons. The van der Waals surface area contributed by atoms with Crippen LogP contribution in [0.15, 0.2) is 12.2 Å². The summed E-state index contributed by atoms with van der Waals surface area (Å²) in [6, 6.07) is 0. The second-order valence-electron chi connectivity index (χ2n) is 3.61. The predicted molar refractivity (Wildman–Crippen MR) is 41.6 cm³/mol. The molecule has 0 heterocycles. The highest BCUT2D eigenvalue weighted by atomic mass is 19.4. The first-order valence-electron chi connectivity index (χ1n) is 4.16. The highest BCUT2D eigenvalue weighted by Gasteiger charge is 2.40. The third-order valence-electron chi connectivity index (χ3n) is 2.59. The smallest absolute Gasteiger partial charge is 0.170 e. The van der Waals surface area contributed by atoms with E-state index in [1.165, 1.54) is 6.08 Å². The van der Waals surface area contributed by atoms with Crippen molar-refractivity contribution in [1.29, 1.82) is 0 Å². The zero-order chi connectivity index (χ0) is 9.35. The summed E-state index contributed by atoms with van der Waals surface area (Å²) in [4.78, 5) is 0. The Labute approximate surface area is 70.5 Å². The molecule has 0 aromatic heterocycles. The molecule has 3 unspecified atom stereocenters. The van der Waals surface area contributed by atoms with Crippen LogP contribution >= 0.6 is 0 Å². The summed E-state index contributed by atoms with van der Waals surface area (Å²) in [7, 11) is 0. The molecule has 3 heteroatoms.